The van der Waals surface area contributed by atoms with E-state index in [1.807, 2.05) is 0 Å². The molecule has 0 spiro atoms. The molecule has 0 aromatic heterocycles. The van der Waals surface area contributed by atoms with E-state index < -0.39 is 22.6 Å². The van der Waals surface area contributed by atoms with Crippen molar-refractivity contribution < 1.29 is 33.8 Å². The van der Waals surface area contributed by atoms with Gasteiger partial charge in [-0.05, 0) is 57.2 Å². The minimum atomic E-state index is -1.60. The summed E-state index contributed by atoms with van der Waals surface area (Å²) >= 11 is 0. The Hall–Kier alpha value is -3.22. The third kappa shape index (κ3) is 3.02. The Balaban J connectivity index is 2.50. The van der Waals surface area contributed by atoms with Crippen LogP contribution in [0.25, 0.3) is 10.8 Å². The molecule has 7 heteroatoms. The number of phenols is 1. The van der Waals surface area contributed by atoms with Crippen LogP contribution in [0.1, 0.15) is 66.0 Å². The lowest BCUT2D eigenvalue weighted by Crippen LogP contribution is -2.52. The van der Waals surface area contributed by atoms with Crippen molar-refractivity contribution in [3.8, 4) is 11.5 Å². The molecule has 1 unspecified atom stereocenters. The van der Waals surface area contributed by atoms with Gasteiger partial charge in [0.15, 0.2) is 11.6 Å². The number of fused-ring (bicyclic) bond motifs is 2. The largest absolute Gasteiger partial charge is 0.506 e. The van der Waals surface area contributed by atoms with E-state index in [1.54, 1.807) is 32.9 Å². The first-order chi connectivity index (χ1) is 14.3. The van der Waals surface area contributed by atoms with Crippen molar-refractivity contribution in [3.63, 3.8) is 0 Å². The number of rotatable bonds is 4. The number of aryl methyl sites for hydroxylation is 1. The van der Waals surface area contributed by atoms with Gasteiger partial charge in [-0.2, -0.15) is 0 Å². The highest BCUT2D eigenvalue weighted by Crippen LogP contribution is 2.51. The fourth-order valence-electron chi connectivity index (χ4n) is 4.78. The van der Waals surface area contributed by atoms with Crippen molar-refractivity contribution in [1.82, 2.24) is 0 Å². The summed E-state index contributed by atoms with van der Waals surface area (Å²) in [6, 6.07) is 3.35. The predicted octanol–water partition coefficient (Wildman–Crippen LogP) is 3.68. The molecule has 1 atom stereocenters. The van der Waals surface area contributed by atoms with E-state index in [0.717, 1.165) is 0 Å². The molecule has 31 heavy (non-hydrogen) atoms. The molecule has 2 aromatic rings. The fourth-order valence-corrected chi connectivity index (χ4v) is 4.78. The summed E-state index contributed by atoms with van der Waals surface area (Å²) in [5.74, 6) is -2.24. The van der Waals surface area contributed by atoms with Gasteiger partial charge in [0.2, 0.25) is 0 Å². The van der Waals surface area contributed by atoms with E-state index in [2.05, 4.69) is 0 Å². The number of Topliss-reactive ketones (excluding diaryl/α,β-unsaturated/α-hetero) is 3. The Morgan fingerprint density at radius 2 is 1.71 bits per heavy atom. The zero-order valence-electron chi connectivity index (χ0n) is 18.8. The maximum atomic E-state index is 13.5. The number of ketones is 3. The number of benzene rings is 2. The first-order valence-electron chi connectivity index (χ1n) is 9.88. The first-order valence-corrected chi connectivity index (χ1v) is 9.88. The van der Waals surface area contributed by atoms with Gasteiger partial charge in [0.25, 0.3) is 0 Å². The van der Waals surface area contributed by atoms with Crippen LogP contribution in [-0.4, -0.2) is 42.6 Å². The maximum Gasteiger partial charge on any atom is 0.341 e. The Morgan fingerprint density at radius 3 is 2.23 bits per heavy atom. The van der Waals surface area contributed by atoms with Crippen LogP contribution < -0.4 is 4.74 Å². The molecule has 3 rings (SSSR count). The van der Waals surface area contributed by atoms with Gasteiger partial charge in [0, 0.05) is 6.42 Å². The normalized spacial score (nSPS) is 19.8. The summed E-state index contributed by atoms with van der Waals surface area (Å²) in [7, 11) is 2.59. The average molecular weight is 426 g/mol. The number of methoxy groups -OCH3 is 2. The topological polar surface area (TPSA) is 107 Å². The molecule has 0 bridgehead atoms. The quantitative estimate of drug-likeness (QED) is 0.587. The number of ether oxygens (including phenoxy) is 2. The van der Waals surface area contributed by atoms with Crippen LogP contribution in [0.2, 0.25) is 0 Å². The SMILES string of the molecule is COC(=O)c1c(C)cc2cc3c(c(O)c2c1OC)C(=O)C(C)(CC(C)=O)C(=O)C3(C)C. The van der Waals surface area contributed by atoms with E-state index in [-0.39, 0.29) is 46.0 Å². The highest BCUT2D eigenvalue weighted by molar-refractivity contribution is 6.25. The lowest BCUT2D eigenvalue weighted by atomic mass is 9.58. The summed E-state index contributed by atoms with van der Waals surface area (Å²) in [6.07, 6.45) is -0.260. The predicted molar refractivity (Wildman–Crippen MR) is 114 cm³/mol. The van der Waals surface area contributed by atoms with Crippen molar-refractivity contribution in [2.24, 2.45) is 5.41 Å². The number of aromatic hydroxyl groups is 1. The second kappa shape index (κ2) is 7.18. The van der Waals surface area contributed by atoms with Gasteiger partial charge in [0.05, 0.1) is 36.0 Å². The van der Waals surface area contributed by atoms with Crippen molar-refractivity contribution in [1.29, 1.82) is 0 Å². The van der Waals surface area contributed by atoms with Crippen LogP contribution >= 0.6 is 0 Å². The van der Waals surface area contributed by atoms with Crippen molar-refractivity contribution >= 4 is 34.1 Å². The maximum absolute atomic E-state index is 13.5. The minimum Gasteiger partial charge on any atom is -0.506 e. The molecule has 164 valence electrons. The molecular weight excluding hydrogens is 400 g/mol. The van der Waals surface area contributed by atoms with Crippen LogP contribution in [0.4, 0.5) is 0 Å². The molecule has 0 amide bonds. The van der Waals surface area contributed by atoms with Crippen molar-refractivity contribution in [2.75, 3.05) is 14.2 Å². The van der Waals surface area contributed by atoms with E-state index in [1.165, 1.54) is 28.1 Å². The third-order valence-electron chi connectivity index (χ3n) is 6.22. The summed E-state index contributed by atoms with van der Waals surface area (Å²) in [5, 5.41) is 12.0. The Labute approximate surface area is 180 Å². The molecule has 0 saturated heterocycles. The number of esters is 1. The minimum absolute atomic E-state index is 0.0289. The smallest absolute Gasteiger partial charge is 0.341 e. The molecular formula is C24H26O7. The molecule has 0 radical (unpaired) electrons. The van der Waals surface area contributed by atoms with Gasteiger partial charge in [-0.15, -0.1) is 0 Å². The van der Waals surface area contributed by atoms with Crippen molar-refractivity contribution in [2.45, 2.75) is 46.5 Å². The number of hydrogen-bond acceptors (Lipinski definition) is 7. The van der Waals surface area contributed by atoms with Gasteiger partial charge in [-0.1, -0.05) is 6.07 Å². The van der Waals surface area contributed by atoms with E-state index in [0.29, 0.717) is 16.5 Å². The van der Waals surface area contributed by atoms with Crippen LogP contribution in [0.15, 0.2) is 12.1 Å². The fraction of sp³-hybridized carbons (Fsp3) is 0.417. The number of carbonyl (C=O) groups excluding carboxylic acids is 4. The average Bonchev–Trinajstić information content (AvgIpc) is 2.69. The van der Waals surface area contributed by atoms with E-state index in [4.69, 9.17) is 9.47 Å². The molecule has 0 heterocycles. The molecule has 0 aliphatic heterocycles. The number of carbonyl (C=O) groups is 4. The third-order valence-corrected chi connectivity index (χ3v) is 6.22. The van der Waals surface area contributed by atoms with Crippen LogP contribution in [0.3, 0.4) is 0 Å². The zero-order valence-corrected chi connectivity index (χ0v) is 18.8. The lowest BCUT2D eigenvalue weighted by molar-refractivity contribution is -0.134. The molecule has 1 N–H and O–H groups in total. The molecule has 0 saturated carbocycles. The van der Waals surface area contributed by atoms with Crippen LogP contribution in [0.5, 0.6) is 11.5 Å². The number of hydrogen-bond donors (Lipinski definition) is 1. The van der Waals surface area contributed by atoms with Gasteiger partial charge >= 0.3 is 5.97 Å². The lowest BCUT2D eigenvalue weighted by Gasteiger charge is -2.41. The summed E-state index contributed by atoms with van der Waals surface area (Å²) in [4.78, 5) is 51.1. The zero-order chi connectivity index (χ0) is 23.5. The molecule has 2 aromatic carbocycles. The molecule has 7 nitrogen and oxygen atoms in total. The highest BCUT2D eigenvalue weighted by atomic mass is 16.5. The Bertz CT molecular complexity index is 1170. The van der Waals surface area contributed by atoms with Gasteiger partial charge in [0.1, 0.15) is 22.8 Å². The summed E-state index contributed by atoms with van der Waals surface area (Å²) in [5.41, 5.74) is -1.68. The van der Waals surface area contributed by atoms with Gasteiger partial charge in [-0.25, -0.2) is 4.79 Å². The number of phenolic OH excluding ortho intramolecular Hbond substituents is 1. The molecule has 0 fully saturated rings. The highest BCUT2D eigenvalue weighted by Gasteiger charge is 2.55. The first kappa shape index (κ1) is 22.5. The standard InChI is InChI=1S/C24H26O7/c1-11-8-13-9-14-17(18(26)16(13)19(30-6)15(11)21(28)31-7)20(27)24(5,10-12(2)25)22(29)23(14,3)4/h8-9,26H,10H2,1-7H3. The Kier molecular flexibility index (Phi) is 5.20. The van der Waals surface area contributed by atoms with Crippen LogP contribution in [0, 0.1) is 12.3 Å². The molecule has 1 aliphatic rings. The van der Waals surface area contributed by atoms with Crippen molar-refractivity contribution in [3.05, 3.63) is 34.4 Å². The van der Waals surface area contributed by atoms with Gasteiger partial charge in [-0.3, -0.25) is 14.4 Å². The molecule has 1 aliphatic carbocycles. The summed E-state index contributed by atoms with van der Waals surface area (Å²) in [6.45, 7) is 7.83. The van der Waals surface area contributed by atoms with E-state index in [9.17, 15) is 24.3 Å². The second-order valence-corrected chi connectivity index (χ2v) is 8.83. The van der Waals surface area contributed by atoms with Crippen LogP contribution in [-0.2, 0) is 19.7 Å². The monoisotopic (exact) mass is 426 g/mol. The van der Waals surface area contributed by atoms with Gasteiger partial charge < -0.3 is 14.6 Å². The second-order valence-electron chi connectivity index (χ2n) is 8.83. The Morgan fingerprint density at radius 1 is 1.10 bits per heavy atom. The summed E-state index contributed by atoms with van der Waals surface area (Å²) < 4.78 is 10.3. The van der Waals surface area contributed by atoms with E-state index >= 15 is 0 Å².